The van der Waals surface area contributed by atoms with Crippen LogP contribution in [0.5, 0.6) is 0 Å². The number of nitriles is 1. The maximum Gasteiger partial charge on any atom is 0.166 e. The monoisotopic (exact) mass is 462 g/mol. The zero-order chi connectivity index (χ0) is 24.0. The van der Waals surface area contributed by atoms with Gasteiger partial charge < -0.3 is 10.6 Å². The van der Waals surface area contributed by atoms with Gasteiger partial charge in [-0.15, -0.1) is 0 Å². The summed E-state index contributed by atoms with van der Waals surface area (Å²) in [6.07, 6.45) is 0.373. The highest BCUT2D eigenvalue weighted by Gasteiger charge is 2.27. The van der Waals surface area contributed by atoms with Gasteiger partial charge in [-0.2, -0.15) is 10.4 Å². The Labute approximate surface area is 193 Å². The van der Waals surface area contributed by atoms with Crippen molar-refractivity contribution < 1.29 is 13.6 Å². The fraction of sp³-hybridized carbons (Fsp3) is 0.261. The Morgan fingerprint density at radius 1 is 1.29 bits per heavy atom. The maximum atomic E-state index is 14.7. The molecule has 0 amide bonds. The number of fused-ring (bicyclic) bond motifs is 1. The number of anilines is 1. The SMILES string of the molecule is CC(=O)c1ccc(-n2cnc3cc(F)c(N[C@H]4CNC[C@H]4F)cc32)nc1-n1nc(C#N)cc1C. The van der Waals surface area contributed by atoms with Crippen molar-refractivity contribution in [3.05, 3.63) is 59.4 Å². The molecule has 11 heteroatoms. The lowest BCUT2D eigenvalue weighted by Gasteiger charge is -2.16. The highest BCUT2D eigenvalue weighted by molar-refractivity contribution is 5.97. The Hall–Kier alpha value is -4.17. The number of Topliss-reactive ketones (excluding diaryl/α,β-unsaturated/α-hetero) is 1. The highest BCUT2D eigenvalue weighted by Crippen LogP contribution is 2.27. The number of nitrogens with one attached hydrogen (secondary N) is 2. The molecule has 0 bridgehead atoms. The number of aromatic nitrogens is 5. The van der Waals surface area contributed by atoms with E-state index in [1.165, 1.54) is 24.0 Å². The zero-order valence-electron chi connectivity index (χ0n) is 18.4. The third-order valence-electron chi connectivity index (χ3n) is 5.81. The van der Waals surface area contributed by atoms with E-state index in [0.717, 1.165) is 0 Å². The number of pyridine rings is 1. The summed E-state index contributed by atoms with van der Waals surface area (Å²) in [4.78, 5) is 21.2. The largest absolute Gasteiger partial charge is 0.376 e. The Kier molecular flexibility index (Phi) is 5.30. The summed E-state index contributed by atoms with van der Waals surface area (Å²) >= 11 is 0. The van der Waals surface area contributed by atoms with Gasteiger partial charge >= 0.3 is 0 Å². The molecule has 0 aliphatic carbocycles. The predicted octanol–water partition coefficient (Wildman–Crippen LogP) is 2.85. The molecule has 4 heterocycles. The second-order valence-corrected chi connectivity index (χ2v) is 8.15. The summed E-state index contributed by atoms with van der Waals surface area (Å²) < 4.78 is 31.8. The van der Waals surface area contributed by atoms with Crippen molar-refractivity contribution in [1.29, 1.82) is 5.26 Å². The summed E-state index contributed by atoms with van der Waals surface area (Å²) in [7, 11) is 0. The second kappa shape index (κ2) is 8.31. The molecule has 3 aromatic heterocycles. The van der Waals surface area contributed by atoms with E-state index in [1.807, 2.05) is 6.07 Å². The van der Waals surface area contributed by atoms with Gasteiger partial charge in [-0.05, 0) is 38.1 Å². The van der Waals surface area contributed by atoms with E-state index in [9.17, 15) is 18.8 Å². The molecule has 1 aromatic carbocycles. The van der Waals surface area contributed by atoms with Crippen molar-refractivity contribution in [3.8, 4) is 17.7 Å². The number of hydrogen-bond acceptors (Lipinski definition) is 7. The Morgan fingerprint density at radius 2 is 2.12 bits per heavy atom. The van der Waals surface area contributed by atoms with E-state index in [0.29, 0.717) is 34.7 Å². The number of ketones is 1. The van der Waals surface area contributed by atoms with Crippen molar-refractivity contribution >= 4 is 22.5 Å². The van der Waals surface area contributed by atoms with Gasteiger partial charge in [0.25, 0.3) is 0 Å². The van der Waals surface area contributed by atoms with Crippen LogP contribution < -0.4 is 10.6 Å². The molecular weight excluding hydrogens is 442 g/mol. The quantitative estimate of drug-likeness (QED) is 0.439. The minimum atomic E-state index is -1.13. The van der Waals surface area contributed by atoms with Crippen LogP contribution in [0.2, 0.25) is 0 Å². The highest BCUT2D eigenvalue weighted by atomic mass is 19.1. The number of carbonyl (C=O) groups is 1. The summed E-state index contributed by atoms with van der Waals surface area (Å²) in [5, 5.41) is 19.3. The van der Waals surface area contributed by atoms with Crippen LogP contribution in [0.25, 0.3) is 22.7 Å². The molecule has 0 unspecified atom stereocenters. The van der Waals surface area contributed by atoms with Crippen molar-refractivity contribution in [3.63, 3.8) is 0 Å². The molecule has 9 nitrogen and oxygen atoms in total. The van der Waals surface area contributed by atoms with Crippen molar-refractivity contribution in [2.75, 3.05) is 18.4 Å². The van der Waals surface area contributed by atoms with Crippen molar-refractivity contribution in [2.45, 2.75) is 26.1 Å². The van der Waals surface area contributed by atoms with Crippen molar-refractivity contribution in [1.82, 2.24) is 29.6 Å². The summed E-state index contributed by atoms with van der Waals surface area (Å²) in [6, 6.07) is 9.17. The molecule has 2 N–H and O–H groups in total. The van der Waals surface area contributed by atoms with Crippen LogP contribution in [0, 0.1) is 24.1 Å². The lowest BCUT2D eigenvalue weighted by Crippen LogP contribution is -2.29. The molecule has 34 heavy (non-hydrogen) atoms. The third-order valence-corrected chi connectivity index (χ3v) is 5.81. The average molecular weight is 462 g/mol. The van der Waals surface area contributed by atoms with Gasteiger partial charge in [-0.1, -0.05) is 0 Å². The molecule has 4 aromatic rings. The zero-order valence-corrected chi connectivity index (χ0v) is 18.4. The topological polar surface area (TPSA) is 113 Å². The summed E-state index contributed by atoms with van der Waals surface area (Å²) in [5.41, 5.74) is 2.28. The normalized spacial score (nSPS) is 17.7. The van der Waals surface area contributed by atoms with Crippen LogP contribution in [0.1, 0.15) is 28.7 Å². The molecule has 1 aliphatic heterocycles. The lowest BCUT2D eigenvalue weighted by molar-refractivity contribution is 0.101. The lowest BCUT2D eigenvalue weighted by atomic mass is 10.1. The average Bonchev–Trinajstić information content (AvgIpc) is 3.52. The van der Waals surface area contributed by atoms with E-state index in [1.54, 1.807) is 35.8 Å². The first-order valence-electron chi connectivity index (χ1n) is 10.6. The fourth-order valence-electron chi connectivity index (χ4n) is 4.06. The van der Waals surface area contributed by atoms with Crippen LogP contribution in [0.4, 0.5) is 14.5 Å². The minimum Gasteiger partial charge on any atom is -0.376 e. The molecule has 1 saturated heterocycles. The molecule has 0 saturated carbocycles. The smallest absolute Gasteiger partial charge is 0.166 e. The first-order chi connectivity index (χ1) is 16.4. The Morgan fingerprint density at radius 3 is 2.79 bits per heavy atom. The van der Waals surface area contributed by atoms with Gasteiger partial charge in [0.1, 0.15) is 30.2 Å². The molecule has 1 fully saturated rings. The van der Waals surface area contributed by atoms with Crippen LogP contribution in [-0.4, -0.2) is 55.4 Å². The van der Waals surface area contributed by atoms with Crippen LogP contribution in [0.3, 0.4) is 0 Å². The number of hydrogen-bond donors (Lipinski definition) is 2. The number of carbonyl (C=O) groups excluding carboxylic acids is 1. The molecular formula is C23H20F2N8O. The number of benzene rings is 1. The summed E-state index contributed by atoms with van der Waals surface area (Å²) in [6.45, 7) is 3.79. The standard InChI is InChI=1S/C23H20F2N8O/c1-12-5-14(8-26)31-33(12)23-15(13(2)34)3-4-22(30-23)32-11-28-19-6-16(24)18(7-21(19)32)29-20-10-27-9-17(20)25/h3-7,11,17,20,27,29H,9-10H2,1-2H3/t17-,20+/m1/s1. The van der Waals surface area contributed by atoms with E-state index in [-0.39, 0.29) is 29.5 Å². The number of alkyl halides is 1. The van der Waals surface area contributed by atoms with Crippen LogP contribution >= 0.6 is 0 Å². The first kappa shape index (κ1) is 21.7. The Balaban J connectivity index is 1.62. The minimum absolute atomic E-state index is 0.160. The van der Waals surface area contributed by atoms with Gasteiger partial charge in [0, 0.05) is 24.8 Å². The third kappa shape index (κ3) is 3.68. The molecule has 1 aliphatic rings. The number of aryl methyl sites for hydroxylation is 1. The van der Waals surface area contributed by atoms with Crippen LogP contribution in [-0.2, 0) is 0 Å². The van der Waals surface area contributed by atoms with Crippen LogP contribution in [0.15, 0.2) is 36.7 Å². The van der Waals surface area contributed by atoms with E-state index < -0.39 is 18.0 Å². The second-order valence-electron chi connectivity index (χ2n) is 8.15. The van der Waals surface area contributed by atoms with E-state index >= 15 is 0 Å². The number of rotatable bonds is 5. The molecule has 172 valence electrons. The van der Waals surface area contributed by atoms with E-state index in [2.05, 4.69) is 25.7 Å². The molecule has 0 radical (unpaired) electrons. The van der Waals surface area contributed by atoms with Gasteiger partial charge in [-0.25, -0.2) is 23.4 Å². The van der Waals surface area contributed by atoms with Gasteiger partial charge in [0.05, 0.1) is 28.3 Å². The van der Waals surface area contributed by atoms with Gasteiger partial charge in [0.15, 0.2) is 17.3 Å². The number of nitrogens with zero attached hydrogens (tertiary/aromatic N) is 6. The van der Waals surface area contributed by atoms with Gasteiger partial charge in [0.2, 0.25) is 0 Å². The maximum absolute atomic E-state index is 14.7. The number of imidazole rings is 1. The van der Waals surface area contributed by atoms with Crippen molar-refractivity contribution in [2.24, 2.45) is 0 Å². The number of halogens is 2. The van der Waals surface area contributed by atoms with Gasteiger partial charge in [-0.3, -0.25) is 9.36 Å². The Bertz CT molecular complexity index is 1470. The molecule has 0 spiro atoms. The first-order valence-corrected chi connectivity index (χ1v) is 10.6. The van der Waals surface area contributed by atoms with E-state index in [4.69, 9.17) is 0 Å². The molecule has 5 rings (SSSR count). The summed E-state index contributed by atoms with van der Waals surface area (Å²) in [5.74, 6) is -0.0611. The predicted molar refractivity (Wildman–Crippen MR) is 121 cm³/mol. The fourth-order valence-corrected chi connectivity index (χ4v) is 4.06. The molecule has 2 atom stereocenters.